The van der Waals surface area contributed by atoms with Crippen LogP contribution < -0.4 is 0 Å². The average molecular weight is 349 g/mol. The van der Waals surface area contributed by atoms with Crippen molar-refractivity contribution in [2.45, 2.75) is 28.1 Å². The Hall–Kier alpha value is 0.630. The summed E-state index contributed by atoms with van der Waals surface area (Å²) in [4.78, 5) is 0. The number of hydrogen-bond acceptors (Lipinski definition) is 0. The lowest BCUT2D eigenvalue weighted by molar-refractivity contribution is 0.0487. The predicted molar refractivity (Wildman–Crippen MR) is 78.4 cm³/mol. The maximum Gasteiger partial charge on any atom is 0.227 e. The third-order valence-corrected chi connectivity index (χ3v) is 5.00. The van der Waals surface area contributed by atoms with E-state index in [0.29, 0.717) is 11.1 Å². The highest BCUT2D eigenvalue weighted by Crippen LogP contribution is 2.52. The van der Waals surface area contributed by atoms with Crippen LogP contribution in [0.3, 0.4) is 0 Å². The average Bonchev–Trinajstić information content (AvgIpc) is 2.26. The molecular weight excluding hydrogens is 337 g/mol. The highest BCUT2D eigenvalue weighted by molar-refractivity contribution is 6.75. The van der Waals surface area contributed by atoms with Gasteiger partial charge in [-0.1, -0.05) is 96.1 Å². The van der Waals surface area contributed by atoms with Gasteiger partial charge in [-0.2, -0.15) is 0 Å². The van der Waals surface area contributed by atoms with Gasteiger partial charge in [0.05, 0.1) is 0 Å². The molecule has 0 saturated heterocycles. The molecule has 0 N–H and O–H groups in total. The molecule has 0 aliphatic heterocycles. The molecule has 0 aromatic heterocycles. The second-order valence-corrected chi connectivity index (χ2v) is 7.97. The van der Waals surface area contributed by atoms with Crippen LogP contribution in [0, 0.1) is 5.92 Å². The van der Waals surface area contributed by atoms with Gasteiger partial charge in [-0.3, -0.25) is 0 Å². The minimum atomic E-state index is -1.85. The SMILES string of the molecule is CC(C)C([O])c1ccc(C(Cl)(Cl)C(Cl)(Cl)Cl)cc1. The normalized spacial score (nSPS) is 14.9. The zero-order valence-corrected chi connectivity index (χ0v) is 13.5. The molecular formula is C12H12Cl5O. The van der Waals surface area contributed by atoms with E-state index in [2.05, 4.69) is 0 Å². The summed E-state index contributed by atoms with van der Waals surface area (Å²) in [5.41, 5.74) is 1.09. The topological polar surface area (TPSA) is 19.9 Å². The van der Waals surface area contributed by atoms with Crippen molar-refractivity contribution in [3.63, 3.8) is 0 Å². The lowest BCUT2D eigenvalue weighted by Gasteiger charge is -2.28. The fourth-order valence-electron chi connectivity index (χ4n) is 1.43. The van der Waals surface area contributed by atoms with Crippen molar-refractivity contribution < 1.29 is 5.11 Å². The van der Waals surface area contributed by atoms with Crippen LogP contribution in [-0.4, -0.2) is 3.79 Å². The first-order chi connectivity index (χ1) is 8.07. The molecule has 0 aliphatic carbocycles. The van der Waals surface area contributed by atoms with Crippen molar-refractivity contribution in [2.24, 2.45) is 5.92 Å². The van der Waals surface area contributed by atoms with Crippen LogP contribution in [0.4, 0.5) is 0 Å². The Morgan fingerprint density at radius 2 is 1.39 bits per heavy atom. The van der Waals surface area contributed by atoms with Crippen molar-refractivity contribution >= 4 is 58.0 Å². The molecule has 1 atom stereocenters. The van der Waals surface area contributed by atoms with Crippen LogP contribution in [0.2, 0.25) is 0 Å². The Kier molecular flexibility index (Phi) is 5.51. The van der Waals surface area contributed by atoms with E-state index in [-0.39, 0.29) is 5.92 Å². The molecule has 1 aromatic carbocycles. The first kappa shape index (κ1) is 16.7. The van der Waals surface area contributed by atoms with Gasteiger partial charge in [0.1, 0.15) is 6.10 Å². The number of rotatable bonds is 3. The van der Waals surface area contributed by atoms with Crippen molar-refractivity contribution in [3.05, 3.63) is 35.4 Å². The quantitative estimate of drug-likeness (QED) is 0.613. The fraction of sp³-hybridized carbons (Fsp3) is 0.500. The van der Waals surface area contributed by atoms with E-state index < -0.39 is 14.2 Å². The Morgan fingerprint density at radius 3 is 1.72 bits per heavy atom. The van der Waals surface area contributed by atoms with E-state index >= 15 is 0 Å². The van der Waals surface area contributed by atoms with Gasteiger partial charge < -0.3 is 0 Å². The molecule has 1 rings (SSSR count). The van der Waals surface area contributed by atoms with Gasteiger partial charge in [0.15, 0.2) is 4.33 Å². The molecule has 0 heterocycles. The minimum Gasteiger partial charge on any atom is -0.228 e. The number of alkyl halides is 5. The summed E-state index contributed by atoms with van der Waals surface area (Å²) in [6.07, 6.45) is -0.799. The van der Waals surface area contributed by atoms with Crippen LogP contribution in [-0.2, 0) is 9.44 Å². The lowest BCUT2D eigenvalue weighted by Crippen LogP contribution is -2.28. The largest absolute Gasteiger partial charge is 0.228 e. The summed E-state index contributed by atoms with van der Waals surface area (Å²) in [5.74, 6) is 0.000724. The highest BCUT2D eigenvalue weighted by Gasteiger charge is 2.47. The predicted octanol–water partition coefficient (Wildman–Crippen LogP) is 5.81. The van der Waals surface area contributed by atoms with Crippen molar-refractivity contribution in [3.8, 4) is 0 Å². The van der Waals surface area contributed by atoms with E-state index in [0.717, 1.165) is 0 Å². The molecule has 1 radical (unpaired) electrons. The van der Waals surface area contributed by atoms with Gasteiger partial charge in [0.25, 0.3) is 0 Å². The molecule has 0 fully saturated rings. The third kappa shape index (κ3) is 3.59. The van der Waals surface area contributed by atoms with Crippen LogP contribution in [0.25, 0.3) is 0 Å². The highest BCUT2D eigenvalue weighted by atomic mass is 35.6. The smallest absolute Gasteiger partial charge is 0.227 e. The molecule has 0 aliphatic rings. The van der Waals surface area contributed by atoms with E-state index in [1.165, 1.54) is 0 Å². The first-order valence-electron chi connectivity index (χ1n) is 5.28. The first-order valence-corrected chi connectivity index (χ1v) is 7.17. The number of benzene rings is 1. The second-order valence-electron chi connectivity index (χ2n) is 4.36. The minimum absolute atomic E-state index is 0.000724. The number of hydrogen-bond donors (Lipinski definition) is 0. The summed E-state index contributed by atoms with van der Waals surface area (Å²) in [6, 6.07) is 6.51. The molecule has 6 heteroatoms. The molecule has 0 saturated carbocycles. The second kappa shape index (κ2) is 5.95. The summed E-state index contributed by atoms with van der Waals surface area (Å²) in [5, 5.41) is 11.8. The van der Waals surface area contributed by atoms with Crippen LogP contribution in [0.5, 0.6) is 0 Å². The van der Waals surface area contributed by atoms with Gasteiger partial charge >= 0.3 is 0 Å². The Labute approximate surface area is 132 Å². The van der Waals surface area contributed by atoms with Gasteiger partial charge in [-0.15, -0.1) is 0 Å². The van der Waals surface area contributed by atoms with Gasteiger partial charge in [-0.05, 0) is 17.0 Å². The molecule has 1 nitrogen and oxygen atoms in total. The van der Waals surface area contributed by atoms with Crippen molar-refractivity contribution in [1.82, 2.24) is 0 Å². The van der Waals surface area contributed by atoms with Gasteiger partial charge in [-0.25, -0.2) is 5.11 Å². The van der Waals surface area contributed by atoms with Gasteiger partial charge in [0.2, 0.25) is 3.79 Å². The van der Waals surface area contributed by atoms with Gasteiger partial charge in [0, 0.05) is 0 Å². The van der Waals surface area contributed by atoms with Crippen LogP contribution in [0.15, 0.2) is 24.3 Å². The maximum atomic E-state index is 11.8. The molecule has 0 spiro atoms. The van der Waals surface area contributed by atoms with E-state index in [1.807, 2.05) is 13.8 Å². The molecule has 18 heavy (non-hydrogen) atoms. The lowest BCUT2D eigenvalue weighted by atomic mass is 9.98. The van der Waals surface area contributed by atoms with Crippen molar-refractivity contribution in [2.75, 3.05) is 0 Å². The summed E-state index contributed by atoms with van der Waals surface area (Å²) in [7, 11) is 0. The Bertz CT molecular complexity index is 394. The van der Waals surface area contributed by atoms with E-state index in [4.69, 9.17) is 58.0 Å². The summed E-state index contributed by atoms with van der Waals surface area (Å²) in [6.45, 7) is 3.72. The maximum absolute atomic E-state index is 11.8. The molecule has 101 valence electrons. The monoisotopic (exact) mass is 347 g/mol. The van der Waals surface area contributed by atoms with Crippen molar-refractivity contribution in [1.29, 1.82) is 0 Å². The zero-order chi connectivity index (χ0) is 14.1. The molecule has 0 bridgehead atoms. The summed E-state index contributed by atoms with van der Waals surface area (Å²) >= 11 is 29.2. The van der Waals surface area contributed by atoms with E-state index in [1.54, 1.807) is 24.3 Å². The van der Waals surface area contributed by atoms with E-state index in [9.17, 15) is 5.11 Å². The molecule has 1 aromatic rings. The zero-order valence-electron chi connectivity index (χ0n) is 9.76. The molecule has 1 unspecified atom stereocenters. The Balaban J connectivity index is 3.03. The Morgan fingerprint density at radius 1 is 0.944 bits per heavy atom. The third-order valence-electron chi connectivity index (χ3n) is 2.56. The summed E-state index contributed by atoms with van der Waals surface area (Å²) < 4.78 is -3.51. The molecule has 0 amide bonds. The fourth-order valence-corrected chi connectivity index (χ4v) is 2.01. The van der Waals surface area contributed by atoms with Crippen LogP contribution in [0.1, 0.15) is 31.1 Å². The standard InChI is InChI=1S/C12H12Cl5O/c1-7(2)10(18)8-3-5-9(6-4-8)11(13,14)12(15,16)17/h3-7,10H,1-2H3. The number of halogens is 5. The van der Waals surface area contributed by atoms with Crippen LogP contribution >= 0.6 is 58.0 Å².